The molecule has 0 unspecified atom stereocenters. The van der Waals surface area contributed by atoms with Gasteiger partial charge in [-0.25, -0.2) is 0 Å². The standard InChI is InChI=1S/C7H14N2/c1-4-7(2)5-9(3)6-8/h7H,4-5H2,1-3H3/t7-/m0/s1. The fourth-order valence-electron chi connectivity index (χ4n) is 0.637. The van der Waals surface area contributed by atoms with E-state index < -0.39 is 0 Å². The summed E-state index contributed by atoms with van der Waals surface area (Å²) in [6.45, 7) is 5.16. The van der Waals surface area contributed by atoms with Gasteiger partial charge in [-0.3, -0.25) is 0 Å². The lowest BCUT2D eigenvalue weighted by molar-refractivity contribution is 0.377. The topological polar surface area (TPSA) is 27.0 Å². The molecule has 2 heteroatoms. The third-order valence-electron chi connectivity index (χ3n) is 1.45. The lowest BCUT2D eigenvalue weighted by Gasteiger charge is -2.12. The monoisotopic (exact) mass is 126 g/mol. The van der Waals surface area contributed by atoms with Crippen LogP contribution >= 0.6 is 0 Å². The predicted octanol–water partition coefficient (Wildman–Crippen LogP) is 1.45. The van der Waals surface area contributed by atoms with Crippen LogP contribution in [0.3, 0.4) is 0 Å². The summed E-state index contributed by atoms with van der Waals surface area (Å²) in [6.07, 6.45) is 3.21. The number of hydrogen-bond donors (Lipinski definition) is 0. The van der Waals surface area contributed by atoms with Crippen molar-refractivity contribution in [3.05, 3.63) is 0 Å². The molecule has 0 aromatic rings. The van der Waals surface area contributed by atoms with Crippen LogP contribution < -0.4 is 0 Å². The molecule has 0 aliphatic carbocycles. The predicted molar refractivity (Wildman–Crippen MR) is 37.7 cm³/mol. The van der Waals surface area contributed by atoms with Crippen LogP contribution in [-0.2, 0) is 0 Å². The molecule has 0 radical (unpaired) electrons. The quantitative estimate of drug-likeness (QED) is 0.422. The van der Waals surface area contributed by atoms with E-state index in [1.165, 1.54) is 0 Å². The molecule has 0 N–H and O–H groups in total. The fourth-order valence-corrected chi connectivity index (χ4v) is 0.637. The molecule has 9 heavy (non-hydrogen) atoms. The maximum Gasteiger partial charge on any atom is 0.179 e. The van der Waals surface area contributed by atoms with Crippen molar-refractivity contribution in [2.24, 2.45) is 5.92 Å². The highest BCUT2D eigenvalue weighted by Crippen LogP contribution is 2.00. The normalized spacial score (nSPS) is 12.2. The fraction of sp³-hybridized carbons (Fsp3) is 0.857. The van der Waals surface area contributed by atoms with Gasteiger partial charge in [-0.05, 0) is 5.92 Å². The minimum Gasteiger partial charge on any atom is -0.313 e. The average Bonchev–Trinajstić information content (AvgIpc) is 1.87. The van der Waals surface area contributed by atoms with Gasteiger partial charge in [-0.15, -0.1) is 0 Å². The smallest absolute Gasteiger partial charge is 0.179 e. The lowest BCUT2D eigenvalue weighted by atomic mass is 10.1. The van der Waals surface area contributed by atoms with E-state index in [1.807, 2.05) is 7.05 Å². The van der Waals surface area contributed by atoms with Crippen molar-refractivity contribution in [2.45, 2.75) is 20.3 Å². The molecule has 0 fully saturated rings. The second kappa shape index (κ2) is 4.20. The van der Waals surface area contributed by atoms with Crippen LogP contribution in [-0.4, -0.2) is 18.5 Å². The summed E-state index contributed by atoms with van der Waals surface area (Å²) >= 11 is 0. The molecule has 2 nitrogen and oxygen atoms in total. The van der Waals surface area contributed by atoms with Crippen LogP contribution in [0.1, 0.15) is 20.3 Å². The van der Waals surface area contributed by atoms with E-state index in [9.17, 15) is 0 Å². The summed E-state index contributed by atoms with van der Waals surface area (Å²) < 4.78 is 0. The van der Waals surface area contributed by atoms with Gasteiger partial charge in [0.15, 0.2) is 6.19 Å². The SMILES string of the molecule is CC[C@H](C)CN(C)C#N. The zero-order valence-corrected chi connectivity index (χ0v) is 6.39. The lowest BCUT2D eigenvalue weighted by Crippen LogP contribution is -2.18. The molecular weight excluding hydrogens is 112 g/mol. The molecule has 0 heterocycles. The van der Waals surface area contributed by atoms with Gasteiger partial charge in [0.05, 0.1) is 0 Å². The van der Waals surface area contributed by atoms with E-state index >= 15 is 0 Å². The maximum atomic E-state index is 8.36. The number of rotatable bonds is 3. The summed E-state index contributed by atoms with van der Waals surface area (Å²) in [5.41, 5.74) is 0. The highest BCUT2D eigenvalue weighted by atomic mass is 15.1. The summed E-state index contributed by atoms with van der Waals surface area (Å²) in [4.78, 5) is 1.66. The van der Waals surface area contributed by atoms with Gasteiger partial charge in [0.1, 0.15) is 0 Å². The summed E-state index contributed by atoms with van der Waals surface area (Å²) in [5, 5.41) is 8.36. The van der Waals surface area contributed by atoms with Crippen molar-refractivity contribution in [1.82, 2.24) is 4.90 Å². The average molecular weight is 126 g/mol. The number of nitrogens with zero attached hydrogens (tertiary/aromatic N) is 2. The molecule has 1 atom stereocenters. The van der Waals surface area contributed by atoms with Gasteiger partial charge in [0.25, 0.3) is 0 Å². The van der Waals surface area contributed by atoms with E-state index in [0.717, 1.165) is 13.0 Å². The Hall–Kier alpha value is -0.710. The van der Waals surface area contributed by atoms with Crippen molar-refractivity contribution >= 4 is 0 Å². The van der Waals surface area contributed by atoms with E-state index in [-0.39, 0.29) is 0 Å². The Kier molecular flexibility index (Phi) is 3.87. The first-order valence-electron chi connectivity index (χ1n) is 3.31. The Balaban J connectivity index is 3.37. The third kappa shape index (κ3) is 3.84. The second-order valence-electron chi connectivity index (χ2n) is 2.49. The first kappa shape index (κ1) is 8.29. The van der Waals surface area contributed by atoms with E-state index in [4.69, 9.17) is 5.26 Å². The minimum absolute atomic E-state index is 0.634. The van der Waals surface area contributed by atoms with Gasteiger partial charge in [-0.2, -0.15) is 5.26 Å². The molecule has 0 amide bonds. The molecule has 0 aromatic heterocycles. The summed E-state index contributed by atoms with van der Waals surface area (Å²) in [6, 6.07) is 0. The number of nitriles is 1. The Morgan fingerprint density at radius 1 is 1.67 bits per heavy atom. The van der Waals surface area contributed by atoms with E-state index in [0.29, 0.717) is 5.92 Å². The van der Waals surface area contributed by atoms with Gasteiger partial charge in [-0.1, -0.05) is 20.3 Å². The van der Waals surface area contributed by atoms with Crippen molar-refractivity contribution in [1.29, 1.82) is 5.26 Å². The first-order chi connectivity index (χ1) is 4.20. The van der Waals surface area contributed by atoms with E-state index in [2.05, 4.69) is 20.0 Å². The molecule has 0 rings (SSSR count). The molecule has 0 bridgehead atoms. The zero-order valence-electron chi connectivity index (χ0n) is 6.39. The minimum atomic E-state index is 0.634. The van der Waals surface area contributed by atoms with Gasteiger partial charge in [0, 0.05) is 13.6 Å². The second-order valence-corrected chi connectivity index (χ2v) is 2.49. The molecular formula is C7H14N2. The summed E-state index contributed by atoms with van der Waals surface area (Å²) in [5.74, 6) is 0.634. The zero-order chi connectivity index (χ0) is 7.28. The highest BCUT2D eigenvalue weighted by Gasteiger charge is 2.00. The molecule has 0 spiro atoms. The van der Waals surface area contributed by atoms with Crippen LogP contribution in [0.4, 0.5) is 0 Å². The first-order valence-corrected chi connectivity index (χ1v) is 3.31. The summed E-state index contributed by atoms with van der Waals surface area (Å²) in [7, 11) is 1.81. The maximum absolute atomic E-state index is 8.36. The molecule has 52 valence electrons. The molecule has 0 aromatic carbocycles. The highest BCUT2D eigenvalue weighted by molar-refractivity contribution is 4.70. The Morgan fingerprint density at radius 3 is 2.56 bits per heavy atom. The van der Waals surface area contributed by atoms with Crippen molar-refractivity contribution < 1.29 is 0 Å². The van der Waals surface area contributed by atoms with Gasteiger partial charge >= 0.3 is 0 Å². The molecule has 0 aliphatic rings. The third-order valence-corrected chi connectivity index (χ3v) is 1.45. The number of hydrogen-bond acceptors (Lipinski definition) is 2. The van der Waals surface area contributed by atoms with Crippen LogP contribution in [0.25, 0.3) is 0 Å². The molecule has 0 saturated carbocycles. The Bertz CT molecular complexity index is 104. The molecule has 0 saturated heterocycles. The van der Waals surface area contributed by atoms with Crippen LogP contribution in [0.15, 0.2) is 0 Å². The van der Waals surface area contributed by atoms with Crippen molar-refractivity contribution in [3.8, 4) is 6.19 Å². The Morgan fingerprint density at radius 2 is 2.22 bits per heavy atom. The Labute approximate surface area is 57.1 Å². The largest absolute Gasteiger partial charge is 0.313 e. The van der Waals surface area contributed by atoms with Crippen molar-refractivity contribution in [2.75, 3.05) is 13.6 Å². The van der Waals surface area contributed by atoms with Gasteiger partial charge < -0.3 is 4.90 Å². The van der Waals surface area contributed by atoms with Crippen LogP contribution in [0, 0.1) is 17.4 Å². The van der Waals surface area contributed by atoms with Crippen LogP contribution in [0.2, 0.25) is 0 Å². The van der Waals surface area contributed by atoms with E-state index in [1.54, 1.807) is 4.90 Å². The van der Waals surface area contributed by atoms with Crippen LogP contribution in [0.5, 0.6) is 0 Å². The van der Waals surface area contributed by atoms with Crippen molar-refractivity contribution in [3.63, 3.8) is 0 Å². The van der Waals surface area contributed by atoms with Gasteiger partial charge in [0.2, 0.25) is 0 Å². The molecule has 0 aliphatic heterocycles.